The van der Waals surface area contributed by atoms with E-state index in [4.69, 9.17) is 5.11 Å². The van der Waals surface area contributed by atoms with Crippen LogP contribution in [0.1, 0.15) is 20.8 Å². The molecule has 1 aromatic carbocycles. The van der Waals surface area contributed by atoms with E-state index >= 15 is 0 Å². The number of hydrogen-bond acceptors (Lipinski definition) is 7. The summed E-state index contributed by atoms with van der Waals surface area (Å²) in [5.41, 5.74) is 1.11. The summed E-state index contributed by atoms with van der Waals surface area (Å²) in [6.07, 6.45) is -0.524. The van der Waals surface area contributed by atoms with Gasteiger partial charge in [0.25, 0.3) is 0 Å². The van der Waals surface area contributed by atoms with Gasteiger partial charge in [-0.25, -0.2) is 19.0 Å². The third-order valence-electron chi connectivity index (χ3n) is 3.84. The molecule has 7 nitrogen and oxygen atoms in total. The smallest absolute Gasteiger partial charge is 0.407 e. The molecule has 0 radical (unpaired) electrons. The summed E-state index contributed by atoms with van der Waals surface area (Å²) in [7, 11) is 1.29. The number of aromatic hydroxyl groups is 1. The Bertz CT molecular complexity index is 1060. The molecular weight excluding hydrogens is 407 g/mol. The molecule has 3 rings (SSSR count). The largest absolute Gasteiger partial charge is 0.507 e. The van der Waals surface area contributed by atoms with E-state index in [2.05, 4.69) is 15.0 Å². The van der Waals surface area contributed by atoms with E-state index in [0.29, 0.717) is 17.2 Å². The average Bonchev–Trinajstić information content (AvgIpc) is 3.27. The van der Waals surface area contributed by atoms with Gasteiger partial charge in [-0.15, -0.1) is 22.7 Å². The number of methoxy groups -OCH3 is 1. The van der Waals surface area contributed by atoms with Crippen molar-refractivity contribution in [1.29, 1.82) is 0 Å². The minimum Gasteiger partial charge on any atom is -0.507 e. The summed E-state index contributed by atoms with van der Waals surface area (Å²) < 4.78 is 18.9. The van der Waals surface area contributed by atoms with Crippen molar-refractivity contribution in [3.63, 3.8) is 0 Å². The molecular formula is C18H15FN2O5S2. The predicted molar refractivity (Wildman–Crippen MR) is 103 cm³/mol. The minimum atomic E-state index is -1.41. The third kappa shape index (κ3) is 3.97. The van der Waals surface area contributed by atoms with E-state index in [0.717, 1.165) is 27.5 Å². The molecule has 0 spiro atoms. The number of aromatic nitrogens is 1. The lowest BCUT2D eigenvalue weighted by Crippen LogP contribution is -2.21. The molecule has 0 atom stereocenters. The Hall–Kier alpha value is -2.98. The molecule has 2 heterocycles. The van der Waals surface area contributed by atoms with Gasteiger partial charge in [-0.2, -0.15) is 0 Å². The summed E-state index contributed by atoms with van der Waals surface area (Å²) >= 11 is 2.62. The molecule has 1 amide bonds. The molecule has 3 aromatic rings. The number of thiazole rings is 1. The molecule has 10 heteroatoms. The predicted octanol–water partition coefficient (Wildman–Crippen LogP) is 4.25. The second-order valence-corrected chi connectivity index (χ2v) is 7.76. The molecule has 28 heavy (non-hydrogen) atoms. The number of aromatic carboxylic acids is 1. The van der Waals surface area contributed by atoms with Crippen LogP contribution in [-0.4, -0.2) is 34.4 Å². The third-order valence-corrected chi connectivity index (χ3v) is 5.98. The highest BCUT2D eigenvalue weighted by Crippen LogP contribution is 2.37. The number of carboxylic acids is 1. The molecule has 3 N–H and O–H groups in total. The Morgan fingerprint density at radius 1 is 1.32 bits per heavy atom. The number of rotatable bonds is 5. The highest BCUT2D eigenvalue weighted by Gasteiger charge is 2.19. The standard InChI is InChI=1S/C18H15FN2O5S2/c1-8-3-9(6-20-18(25)26-2)28-15(8)13-7-27-16(21-13)10-5-14(22)11(17(23)24)4-12(10)19/h3-5,7,22H,6H2,1-2H3,(H,20,25)(H,23,24). The number of hydrogen-bond donors (Lipinski definition) is 3. The summed E-state index contributed by atoms with van der Waals surface area (Å²) in [6.45, 7) is 2.22. The van der Waals surface area contributed by atoms with Crippen LogP contribution in [0.15, 0.2) is 23.6 Å². The van der Waals surface area contributed by atoms with Crippen molar-refractivity contribution < 1.29 is 28.9 Å². The number of halogens is 1. The van der Waals surface area contributed by atoms with Gasteiger partial charge in [-0.3, -0.25) is 0 Å². The monoisotopic (exact) mass is 422 g/mol. The number of nitrogens with zero attached hydrogens (tertiary/aromatic N) is 1. The van der Waals surface area contributed by atoms with Crippen LogP contribution in [0.4, 0.5) is 9.18 Å². The van der Waals surface area contributed by atoms with Crippen LogP contribution in [0.25, 0.3) is 21.1 Å². The molecule has 0 aliphatic heterocycles. The second kappa shape index (κ2) is 7.95. The van der Waals surface area contributed by atoms with Crippen LogP contribution in [-0.2, 0) is 11.3 Å². The number of carbonyl (C=O) groups excluding carboxylic acids is 1. The highest BCUT2D eigenvalue weighted by atomic mass is 32.1. The fourth-order valence-electron chi connectivity index (χ4n) is 2.52. The Labute approximate surface area is 167 Å². The van der Waals surface area contributed by atoms with Gasteiger partial charge in [0.05, 0.1) is 24.2 Å². The van der Waals surface area contributed by atoms with Crippen molar-refractivity contribution in [1.82, 2.24) is 10.3 Å². The van der Waals surface area contributed by atoms with Gasteiger partial charge < -0.3 is 20.3 Å². The summed E-state index contributed by atoms with van der Waals surface area (Å²) in [5, 5.41) is 23.5. The highest BCUT2D eigenvalue weighted by molar-refractivity contribution is 7.17. The van der Waals surface area contributed by atoms with Crippen LogP contribution >= 0.6 is 22.7 Å². The maximum Gasteiger partial charge on any atom is 0.407 e. The van der Waals surface area contributed by atoms with Crippen LogP contribution in [0, 0.1) is 12.7 Å². The molecule has 0 fully saturated rings. The molecule has 0 aliphatic rings. The number of carboxylic acid groups (broad SMARTS) is 1. The van der Waals surface area contributed by atoms with E-state index in [1.54, 1.807) is 5.38 Å². The van der Waals surface area contributed by atoms with Gasteiger partial charge >= 0.3 is 12.1 Å². The van der Waals surface area contributed by atoms with Crippen LogP contribution in [0.5, 0.6) is 5.75 Å². The number of ether oxygens (including phenoxy) is 1. The molecule has 2 aromatic heterocycles. The lowest BCUT2D eigenvalue weighted by atomic mass is 10.1. The molecule has 0 saturated heterocycles. The lowest BCUT2D eigenvalue weighted by Gasteiger charge is -2.04. The van der Waals surface area contributed by atoms with Gasteiger partial charge in [-0.05, 0) is 30.7 Å². The number of amides is 1. The maximum atomic E-state index is 14.3. The topological polar surface area (TPSA) is 109 Å². The number of benzene rings is 1. The Morgan fingerprint density at radius 2 is 2.07 bits per heavy atom. The van der Waals surface area contributed by atoms with E-state index in [9.17, 15) is 19.1 Å². The number of nitrogens with one attached hydrogen (secondary N) is 1. The quantitative estimate of drug-likeness (QED) is 0.567. The number of carbonyl (C=O) groups is 2. The molecule has 0 unspecified atom stereocenters. The summed E-state index contributed by atoms with van der Waals surface area (Å²) in [5.74, 6) is -2.71. The average molecular weight is 422 g/mol. The molecule has 0 aliphatic carbocycles. The van der Waals surface area contributed by atoms with Crippen molar-refractivity contribution >= 4 is 34.7 Å². The zero-order chi connectivity index (χ0) is 20.4. The summed E-state index contributed by atoms with van der Waals surface area (Å²) in [4.78, 5) is 28.4. The van der Waals surface area contributed by atoms with E-state index < -0.39 is 29.2 Å². The van der Waals surface area contributed by atoms with Crippen LogP contribution < -0.4 is 5.32 Å². The van der Waals surface area contributed by atoms with Crippen molar-refractivity contribution in [2.45, 2.75) is 13.5 Å². The van der Waals surface area contributed by atoms with Gasteiger partial charge in [0.15, 0.2) is 0 Å². The minimum absolute atomic E-state index is 0.0283. The molecule has 146 valence electrons. The van der Waals surface area contributed by atoms with Gasteiger partial charge in [0, 0.05) is 15.8 Å². The van der Waals surface area contributed by atoms with Gasteiger partial charge in [0.2, 0.25) is 0 Å². The first-order valence-electron chi connectivity index (χ1n) is 7.93. The zero-order valence-corrected chi connectivity index (χ0v) is 16.4. The first-order chi connectivity index (χ1) is 13.3. The van der Waals surface area contributed by atoms with Gasteiger partial charge in [0.1, 0.15) is 22.1 Å². The molecule has 0 bridgehead atoms. The van der Waals surface area contributed by atoms with E-state index in [1.165, 1.54) is 29.8 Å². The number of thiophene rings is 1. The fraction of sp³-hybridized carbons (Fsp3) is 0.167. The zero-order valence-electron chi connectivity index (χ0n) is 14.8. The number of aryl methyl sites for hydroxylation is 1. The first-order valence-corrected chi connectivity index (χ1v) is 9.63. The van der Waals surface area contributed by atoms with Crippen LogP contribution in [0.3, 0.4) is 0 Å². The van der Waals surface area contributed by atoms with Crippen molar-refractivity contribution in [2.75, 3.05) is 7.11 Å². The number of phenols is 1. The second-order valence-electron chi connectivity index (χ2n) is 5.76. The fourth-order valence-corrected chi connectivity index (χ4v) is 4.49. The van der Waals surface area contributed by atoms with Crippen LogP contribution in [0.2, 0.25) is 0 Å². The maximum absolute atomic E-state index is 14.3. The van der Waals surface area contributed by atoms with Gasteiger partial charge in [-0.1, -0.05) is 0 Å². The van der Waals surface area contributed by atoms with Crippen molar-refractivity contribution in [3.8, 4) is 26.9 Å². The van der Waals surface area contributed by atoms with E-state index in [1.807, 2.05) is 13.0 Å². The van der Waals surface area contributed by atoms with Crippen molar-refractivity contribution in [2.24, 2.45) is 0 Å². The summed E-state index contributed by atoms with van der Waals surface area (Å²) in [6, 6.07) is 3.76. The Morgan fingerprint density at radius 3 is 2.75 bits per heavy atom. The SMILES string of the molecule is COC(=O)NCc1cc(C)c(-c2csc(-c3cc(O)c(C(=O)O)cc3F)n2)s1. The molecule has 0 saturated carbocycles. The van der Waals surface area contributed by atoms with Crippen molar-refractivity contribution in [3.05, 3.63) is 45.4 Å². The first kappa shape index (κ1) is 19.8. The Balaban J connectivity index is 1.89. The van der Waals surface area contributed by atoms with E-state index in [-0.39, 0.29) is 5.56 Å². The number of alkyl carbamates (subject to hydrolysis) is 1. The normalized spacial score (nSPS) is 10.7. The lowest BCUT2D eigenvalue weighted by molar-refractivity contribution is 0.0693. The Kier molecular flexibility index (Phi) is 5.61.